The molecule has 0 atom stereocenters. The second-order valence-corrected chi connectivity index (χ2v) is 3.81. The highest BCUT2D eigenvalue weighted by Gasteiger charge is 2.30. The summed E-state index contributed by atoms with van der Waals surface area (Å²) in [6.07, 6.45) is -5.83. The maximum Gasteiger partial charge on any atom is 0.394 e. The zero-order valence-corrected chi connectivity index (χ0v) is 9.08. The summed E-state index contributed by atoms with van der Waals surface area (Å²) < 4.78 is 36.6. The summed E-state index contributed by atoms with van der Waals surface area (Å²) in [5, 5.41) is 8.91. The Balaban J connectivity index is 2.53. The van der Waals surface area contributed by atoms with Crippen molar-refractivity contribution in [2.24, 2.45) is 0 Å². The monoisotopic (exact) mass is 258 g/mol. The maximum absolute atomic E-state index is 12.2. The van der Waals surface area contributed by atoms with Gasteiger partial charge in [-0.15, -0.1) is 0 Å². The van der Waals surface area contributed by atoms with Gasteiger partial charge in [0.2, 0.25) is 0 Å². The van der Waals surface area contributed by atoms with Crippen LogP contribution in [0.5, 0.6) is 0 Å². The molecule has 0 aliphatic rings. The molecule has 2 rings (SSSR count). The lowest BCUT2D eigenvalue weighted by atomic mass is 10.2. The molecule has 4 nitrogen and oxygen atoms in total. The Morgan fingerprint density at radius 3 is 2.67 bits per heavy atom. The Morgan fingerprint density at radius 2 is 2.06 bits per heavy atom. The highest BCUT2D eigenvalue weighted by Crippen LogP contribution is 2.19. The first-order valence-corrected chi connectivity index (χ1v) is 5.08. The molecule has 0 spiro atoms. The molecular weight excluding hydrogens is 249 g/mol. The Labute approximate surface area is 99.1 Å². The summed E-state index contributed by atoms with van der Waals surface area (Å²) >= 11 is 0. The third-order valence-electron chi connectivity index (χ3n) is 2.38. The van der Waals surface area contributed by atoms with Crippen LogP contribution < -0.4 is 5.56 Å². The van der Waals surface area contributed by atoms with Crippen molar-refractivity contribution in [3.63, 3.8) is 0 Å². The van der Waals surface area contributed by atoms with Gasteiger partial charge in [0, 0.05) is 0 Å². The molecule has 1 heterocycles. The molecule has 7 heteroatoms. The SMILES string of the molecule is O=c1[nH]c2cc(CO)ccc2nc1CC(F)(F)F. The summed E-state index contributed by atoms with van der Waals surface area (Å²) in [5.74, 6) is 0. The van der Waals surface area contributed by atoms with E-state index in [1.54, 1.807) is 0 Å². The molecule has 2 N–H and O–H groups in total. The molecule has 0 radical (unpaired) electrons. The summed E-state index contributed by atoms with van der Waals surface area (Å²) in [5.41, 5.74) is -0.325. The van der Waals surface area contributed by atoms with Crippen molar-refractivity contribution >= 4 is 11.0 Å². The molecule has 96 valence electrons. The third-order valence-corrected chi connectivity index (χ3v) is 2.38. The van der Waals surface area contributed by atoms with E-state index in [9.17, 15) is 18.0 Å². The average Bonchev–Trinajstić information content (AvgIpc) is 2.27. The summed E-state index contributed by atoms with van der Waals surface area (Å²) in [6, 6.07) is 4.46. The number of hydrogen-bond acceptors (Lipinski definition) is 3. The number of aliphatic hydroxyl groups excluding tert-OH is 1. The summed E-state index contributed by atoms with van der Waals surface area (Å²) in [4.78, 5) is 17.4. The van der Waals surface area contributed by atoms with E-state index in [1.165, 1.54) is 18.2 Å². The number of hydrogen-bond donors (Lipinski definition) is 2. The van der Waals surface area contributed by atoms with E-state index >= 15 is 0 Å². The van der Waals surface area contributed by atoms with E-state index < -0.39 is 23.9 Å². The van der Waals surface area contributed by atoms with Crippen molar-refractivity contribution in [2.75, 3.05) is 0 Å². The molecule has 1 aromatic heterocycles. The molecule has 0 aliphatic heterocycles. The molecule has 0 aliphatic carbocycles. The van der Waals surface area contributed by atoms with E-state index in [1.807, 2.05) is 0 Å². The molecule has 18 heavy (non-hydrogen) atoms. The van der Waals surface area contributed by atoms with Gasteiger partial charge in [0.05, 0.1) is 24.1 Å². The second-order valence-electron chi connectivity index (χ2n) is 3.81. The fraction of sp³-hybridized carbons (Fsp3) is 0.273. The van der Waals surface area contributed by atoms with Crippen LogP contribution in [0.15, 0.2) is 23.0 Å². The molecule has 0 unspecified atom stereocenters. The summed E-state index contributed by atoms with van der Waals surface area (Å²) in [7, 11) is 0. The second kappa shape index (κ2) is 4.41. The summed E-state index contributed by atoms with van der Waals surface area (Å²) in [6.45, 7) is -0.220. The smallest absolute Gasteiger partial charge is 0.392 e. The van der Waals surface area contributed by atoms with Gasteiger partial charge >= 0.3 is 6.18 Å². The minimum absolute atomic E-state index is 0.220. The lowest BCUT2D eigenvalue weighted by Gasteiger charge is -2.06. The molecule has 1 aromatic carbocycles. The van der Waals surface area contributed by atoms with Gasteiger partial charge in [-0.3, -0.25) is 4.79 Å². The fourth-order valence-electron chi connectivity index (χ4n) is 1.58. The number of aromatic nitrogens is 2. The highest BCUT2D eigenvalue weighted by atomic mass is 19.4. The van der Waals surface area contributed by atoms with Crippen LogP contribution in [-0.2, 0) is 13.0 Å². The zero-order chi connectivity index (χ0) is 13.3. The van der Waals surface area contributed by atoms with Gasteiger partial charge in [-0.05, 0) is 17.7 Å². The number of aromatic amines is 1. The van der Waals surface area contributed by atoms with Crippen molar-refractivity contribution < 1.29 is 18.3 Å². The van der Waals surface area contributed by atoms with E-state index in [0.29, 0.717) is 11.1 Å². The zero-order valence-electron chi connectivity index (χ0n) is 9.08. The largest absolute Gasteiger partial charge is 0.394 e. The van der Waals surface area contributed by atoms with Gasteiger partial charge in [-0.1, -0.05) is 6.07 Å². The first-order chi connectivity index (χ1) is 8.39. The topological polar surface area (TPSA) is 66.0 Å². The predicted octanol–water partition coefficient (Wildman–Crippen LogP) is 1.52. The molecular formula is C11H9F3N2O2. The standard InChI is InChI=1S/C11H9F3N2O2/c12-11(13,14)4-9-10(18)16-8-3-6(5-17)1-2-7(8)15-9/h1-3,17H,4-5H2,(H,16,18). The first-order valence-electron chi connectivity index (χ1n) is 5.08. The van der Waals surface area contributed by atoms with Crippen LogP contribution in [0.25, 0.3) is 11.0 Å². The number of alkyl halides is 3. The third kappa shape index (κ3) is 2.67. The van der Waals surface area contributed by atoms with Crippen LogP contribution in [0.4, 0.5) is 13.2 Å². The normalized spacial score (nSPS) is 12.0. The number of rotatable bonds is 2. The minimum Gasteiger partial charge on any atom is -0.392 e. The molecule has 0 saturated heterocycles. The van der Waals surface area contributed by atoms with Gasteiger partial charge in [0.15, 0.2) is 0 Å². The Morgan fingerprint density at radius 1 is 1.33 bits per heavy atom. The maximum atomic E-state index is 12.2. The number of H-pyrrole nitrogens is 1. The molecule has 0 fully saturated rings. The Kier molecular flexibility index (Phi) is 3.08. The van der Waals surface area contributed by atoms with E-state index in [4.69, 9.17) is 5.11 Å². The quantitative estimate of drug-likeness (QED) is 0.858. The minimum atomic E-state index is -4.47. The van der Waals surface area contributed by atoms with Crippen molar-refractivity contribution in [3.8, 4) is 0 Å². The Bertz CT molecular complexity index is 634. The highest BCUT2D eigenvalue weighted by molar-refractivity contribution is 5.74. The number of nitrogens with zero attached hydrogens (tertiary/aromatic N) is 1. The molecule has 0 saturated carbocycles. The number of fused-ring (bicyclic) bond motifs is 1. The molecule has 0 amide bonds. The first kappa shape index (κ1) is 12.6. The van der Waals surface area contributed by atoms with Crippen molar-refractivity contribution in [3.05, 3.63) is 39.8 Å². The predicted molar refractivity (Wildman–Crippen MR) is 58.0 cm³/mol. The number of halogens is 3. The molecule has 2 aromatic rings. The molecule has 0 bridgehead atoms. The van der Waals surface area contributed by atoms with Crippen LogP contribution in [-0.4, -0.2) is 21.3 Å². The van der Waals surface area contributed by atoms with Crippen LogP contribution in [0.2, 0.25) is 0 Å². The fourth-order valence-corrected chi connectivity index (χ4v) is 1.58. The van der Waals surface area contributed by atoms with Crippen molar-refractivity contribution in [2.45, 2.75) is 19.2 Å². The van der Waals surface area contributed by atoms with E-state index in [0.717, 1.165) is 0 Å². The van der Waals surface area contributed by atoms with Crippen LogP contribution in [0.3, 0.4) is 0 Å². The lowest BCUT2D eigenvalue weighted by Crippen LogP contribution is -2.22. The number of nitrogens with one attached hydrogen (secondary N) is 1. The van der Waals surface area contributed by atoms with E-state index in [2.05, 4.69) is 9.97 Å². The van der Waals surface area contributed by atoms with Crippen LogP contribution >= 0.6 is 0 Å². The number of benzene rings is 1. The van der Waals surface area contributed by atoms with Gasteiger partial charge in [-0.25, -0.2) is 4.98 Å². The van der Waals surface area contributed by atoms with Crippen LogP contribution in [0, 0.1) is 0 Å². The van der Waals surface area contributed by atoms with Gasteiger partial charge in [-0.2, -0.15) is 13.2 Å². The van der Waals surface area contributed by atoms with Crippen molar-refractivity contribution in [1.29, 1.82) is 0 Å². The lowest BCUT2D eigenvalue weighted by molar-refractivity contribution is -0.128. The van der Waals surface area contributed by atoms with Gasteiger partial charge in [0.1, 0.15) is 5.69 Å². The van der Waals surface area contributed by atoms with Crippen molar-refractivity contribution in [1.82, 2.24) is 9.97 Å². The van der Waals surface area contributed by atoms with Gasteiger partial charge in [0.25, 0.3) is 5.56 Å². The van der Waals surface area contributed by atoms with Crippen LogP contribution in [0.1, 0.15) is 11.3 Å². The Hall–Kier alpha value is -1.89. The van der Waals surface area contributed by atoms with Gasteiger partial charge < -0.3 is 10.1 Å². The average molecular weight is 258 g/mol. The number of aliphatic hydroxyl groups is 1. The van der Waals surface area contributed by atoms with E-state index in [-0.39, 0.29) is 12.1 Å².